The van der Waals surface area contributed by atoms with Crippen molar-refractivity contribution in [3.05, 3.63) is 52.2 Å². The molecule has 10 nitrogen and oxygen atoms in total. The fourth-order valence-electron chi connectivity index (χ4n) is 4.82. The number of hydrogen-bond acceptors (Lipinski definition) is 8. The van der Waals surface area contributed by atoms with Crippen LogP contribution in [0.3, 0.4) is 0 Å². The normalized spacial score (nSPS) is 17.4. The van der Waals surface area contributed by atoms with E-state index in [1.165, 1.54) is 16.8 Å². The summed E-state index contributed by atoms with van der Waals surface area (Å²) in [6.07, 6.45) is -10.1. The molecule has 0 bridgehead atoms. The molecule has 222 valence electrons. The number of aryl methyl sites for hydroxylation is 2. The van der Waals surface area contributed by atoms with Gasteiger partial charge in [-0.1, -0.05) is 12.0 Å². The Bertz CT molecular complexity index is 1390. The lowest BCUT2D eigenvalue weighted by Gasteiger charge is -2.43. The van der Waals surface area contributed by atoms with Gasteiger partial charge >= 0.3 is 18.4 Å². The SMILES string of the molecule is CCOC(=O)N1c2cc(C)c(N)nc2C(N(Cc2cc(C(F)(F)F)cc(C(F)(F)F)c2)c2nnn(C)n2)CC1CC. The van der Waals surface area contributed by atoms with E-state index in [9.17, 15) is 31.1 Å². The van der Waals surface area contributed by atoms with Crippen LogP contribution in [0, 0.1) is 6.92 Å². The van der Waals surface area contributed by atoms with Crippen molar-refractivity contribution < 1.29 is 35.9 Å². The maximum atomic E-state index is 13.6. The van der Waals surface area contributed by atoms with Gasteiger partial charge in [0.1, 0.15) is 5.82 Å². The van der Waals surface area contributed by atoms with Gasteiger partial charge in [0.05, 0.1) is 42.2 Å². The molecular formula is C25H28F6N8O2. The van der Waals surface area contributed by atoms with Crippen LogP contribution in [0.15, 0.2) is 24.3 Å². The van der Waals surface area contributed by atoms with Gasteiger partial charge < -0.3 is 15.4 Å². The number of carbonyl (C=O) groups is 1. The van der Waals surface area contributed by atoms with Gasteiger partial charge in [0, 0.05) is 12.6 Å². The number of alkyl halides is 6. The highest BCUT2D eigenvalue weighted by molar-refractivity contribution is 5.90. The summed E-state index contributed by atoms with van der Waals surface area (Å²) >= 11 is 0. The van der Waals surface area contributed by atoms with E-state index in [2.05, 4.69) is 20.4 Å². The fourth-order valence-corrected chi connectivity index (χ4v) is 4.82. The molecule has 2 aromatic heterocycles. The van der Waals surface area contributed by atoms with Crippen LogP contribution >= 0.6 is 0 Å². The first kappa shape index (κ1) is 29.9. The molecule has 41 heavy (non-hydrogen) atoms. The lowest BCUT2D eigenvalue weighted by molar-refractivity contribution is -0.143. The van der Waals surface area contributed by atoms with E-state index in [1.54, 1.807) is 19.9 Å². The van der Waals surface area contributed by atoms with Crippen molar-refractivity contribution in [2.24, 2.45) is 7.05 Å². The van der Waals surface area contributed by atoms with Gasteiger partial charge in [0.25, 0.3) is 5.95 Å². The maximum absolute atomic E-state index is 13.6. The van der Waals surface area contributed by atoms with Gasteiger partial charge in [0.15, 0.2) is 0 Å². The van der Waals surface area contributed by atoms with E-state index >= 15 is 0 Å². The van der Waals surface area contributed by atoms with Crippen LogP contribution in [0.25, 0.3) is 0 Å². The first-order valence-corrected chi connectivity index (χ1v) is 12.7. The molecule has 3 aromatic rings. The Morgan fingerprint density at radius 2 is 1.73 bits per heavy atom. The molecule has 1 amide bonds. The maximum Gasteiger partial charge on any atom is 0.416 e. The van der Waals surface area contributed by atoms with Gasteiger partial charge in [-0.3, -0.25) is 4.90 Å². The third-order valence-corrected chi connectivity index (χ3v) is 6.76. The smallest absolute Gasteiger partial charge is 0.416 e. The Labute approximate surface area is 231 Å². The summed E-state index contributed by atoms with van der Waals surface area (Å²) in [4.78, 5) is 21.5. The number of tetrazole rings is 1. The number of hydrogen-bond donors (Lipinski definition) is 1. The van der Waals surface area contributed by atoms with Crippen LogP contribution in [-0.4, -0.2) is 43.9 Å². The molecule has 1 aliphatic heterocycles. The summed E-state index contributed by atoms with van der Waals surface area (Å²) in [5.41, 5.74) is 4.12. The fraction of sp³-hybridized carbons (Fsp3) is 0.480. The highest BCUT2D eigenvalue weighted by Crippen LogP contribution is 2.44. The topological polar surface area (TPSA) is 115 Å². The summed E-state index contributed by atoms with van der Waals surface area (Å²) in [7, 11) is 1.46. The van der Waals surface area contributed by atoms with Crippen molar-refractivity contribution in [1.29, 1.82) is 0 Å². The minimum absolute atomic E-state index is 0.0604. The number of aromatic nitrogens is 5. The molecule has 4 rings (SSSR count). The molecule has 2 unspecified atom stereocenters. The van der Waals surface area contributed by atoms with E-state index < -0.39 is 48.2 Å². The number of benzene rings is 1. The summed E-state index contributed by atoms with van der Waals surface area (Å²) in [5, 5.41) is 12.0. The summed E-state index contributed by atoms with van der Waals surface area (Å²) in [5.74, 6) is 0.0767. The molecule has 1 aliphatic rings. The number of pyridine rings is 1. The van der Waals surface area contributed by atoms with Crippen molar-refractivity contribution in [2.75, 3.05) is 22.1 Å². The van der Waals surface area contributed by atoms with E-state index in [0.29, 0.717) is 29.8 Å². The molecule has 1 aromatic carbocycles. The number of nitrogen functional groups attached to an aromatic ring is 1. The molecule has 0 aliphatic carbocycles. The lowest BCUT2D eigenvalue weighted by atomic mass is 9.91. The quantitative estimate of drug-likeness (QED) is 0.381. The average molecular weight is 587 g/mol. The van der Waals surface area contributed by atoms with Gasteiger partial charge in [-0.05, 0) is 67.3 Å². The van der Waals surface area contributed by atoms with Gasteiger partial charge in [-0.2, -0.15) is 31.1 Å². The van der Waals surface area contributed by atoms with Gasteiger partial charge in [-0.15, -0.1) is 5.10 Å². The highest BCUT2D eigenvalue weighted by atomic mass is 19.4. The average Bonchev–Trinajstić information content (AvgIpc) is 3.32. The Hall–Kier alpha value is -4.11. The van der Waals surface area contributed by atoms with Crippen molar-refractivity contribution in [2.45, 2.75) is 64.6 Å². The van der Waals surface area contributed by atoms with Crippen LogP contribution in [-0.2, 0) is 30.7 Å². The van der Waals surface area contributed by atoms with E-state index in [-0.39, 0.29) is 42.1 Å². The van der Waals surface area contributed by atoms with Crippen molar-refractivity contribution >= 4 is 23.5 Å². The molecule has 16 heteroatoms. The summed E-state index contributed by atoms with van der Waals surface area (Å²) in [6, 6.07) is 1.75. The van der Waals surface area contributed by atoms with E-state index in [4.69, 9.17) is 10.5 Å². The second-order valence-corrected chi connectivity index (χ2v) is 9.60. The molecular weight excluding hydrogens is 558 g/mol. The van der Waals surface area contributed by atoms with E-state index in [1.807, 2.05) is 6.92 Å². The van der Waals surface area contributed by atoms with Crippen LogP contribution in [0.1, 0.15) is 60.7 Å². The zero-order valence-electron chi connectivity index (χ0n) is 22.6. The number of ether oxygens (including phenoxy) is 1. The Balaban J connectivity index is 1.90. The third-order valence-electron chi connectivity index (χ3n) is 6.76. The minimum atomic E-state index is -5.02. The summed E-state index contributed by atoms with van der Waals surface area (Å²) < 4.78 is 87.0. The van der Waals surface area contributed by atoms with Crippen LogP contribution in [0.2, 0.25) is 0 Å². The van der Waals surface area contributed by atoms with Crippen molar-refractivity contribution in [3.63, 3.8) is 0 Å². The standard InChI is InChI=1S/C25H28F6N8O2/c1-5-17-11-18(20-19(7-13(3)21(32)33-20)39(17)23(40)41-6-2)38(22-34-36-37(4)35-22)12-14-8-15(24(26,27)28)10-16(9-14)25(29,30)31/h7-10,17-18H,5-6,11-12H2,1-4H3,(H2,32,33). The Kier molecular flexibility index (Phi) is 8.05. The molecule has 0 saturated heterocycles. The predicted octanol–water partition coefficient (Wildman–Crippen LogP) is 5.43. The second kappa shape index (κ2) is 11.0. The minimum Gasteiger partial charge on any atom is -0.449 e. The van der Waals surface area contributed by atoms with Crippen molar-refractivity contribution in [3.8, 4) is 0 Å². The van der Waals surface area contributed by atoms with Crippen LogP contribution in [0.5, 0.6) is 0 Å². The molecule has 0 saturated carbocycles. The first-order valence-electron chi connectivity index (χ1n) is 12.7. The Morgan fingerprint density at radius 1 is 1.10 bits per heavy atom. The molecule has 2 atom stereocenters. The molecule has 0 spiro atoms. The van der Waals surface area contributed by atoms with Gasteiger partial charge in [0.2, 0.25) is 0 Å². The monoisotopic (exact) mass is 586 g/mol. The third kappa shape index (κ3) is 6.15. The second-order valence-electron chi connectivity index (χ2n) is 9.60. The zero-order chi connectivity index (χ0) is 30.3. The largest absolute Gasteiger partial charge is 0.449 e. The molecule has 3 heterocycles. The molecule has 0 radical (unpaired) electrons. The number of amides is 1. The number of halogens is 6. The number of nitrogens with two attached hydrogens (primary N) is 1. The predicted molar refractivity (Wildman–Crippen MR) is 136 cm³/mol. The van der Waals surface area contributed by atoms with Crippen LogP contribution in [0.4, 0.5) is 48.6 Å². The lowest BCUT2D eigenvalue weighted by Crippen LogP contribution is -2.48. The Morgan fingerprint density at radius 3 is 2.24 bits per heavy atom. The summed E-state index contributed by atoms with van der Waals surface area (Å²) in [6.45, 7) is 4.83. The van der Waals surface area contributed by atoms with Gasteiger partial charge in [-0.25, -0.2) is 9.78 Å². The number of rotatable bonds is 6. The first-order chi connectivity index (χ1) is 19.1. The number of nitrogens with zero attached hydrogens (tertiary/aromatic N) is 7. The van der Waals surface area contributed by atoms with Crippen LogP contribution < -0.4 is 15.5 Å². The molecule has 2 N–H and O–H groups in total. The number of anilines is 3. The van der Waals surface area contributed by atoms with E-state index in [0.717, 1.165) is 4.80 Å². The highest BCUT2D eigenvalue weighted by Gasteiger charge is 2.42. The number of fused-ring (bicyclic) bond motifs is 1. The molecule has 0 fully saturated rings. The zero-order valence-corrected chi connectivity index (χ0v) is 22.6. The van der Waals surface area contributed by atoms with Crippen molar-refractivity contribution in [1.82, 2.24) is 25.2 Å². The number of carbonyl (C=O) groups excluding carboxylic acids is 1.